The van der Waals surface area contributed by atoms with Gasteiger partial charge in [0.1, 0.15) is 0 Å². The fraction of sp³-hybridized carbons (Fsp3) is 0.625. The molecule has 3 aliphatic rings. The van der Waals surface area contributed by atoms with E-state index in [9.17, 15) is 14.4 Å². The molecule has 3 saturated heterocycles. The van der Waals surface area contributed by atoms with Crippen LogP contribution in [0.3, 0.4) is 0 Å². The summed E-state index contributed by atoms with van der Waals surface area (Å²) < 4.78 is 0. The molecule has 3 aliphatic heterocycles. The van der Waals surface area contributed by atoms with E-state index in [2.05, 4.69) is 17.4 Å². The van der Waals surface area contributed by atoms with Gasteiger partial charge in [-0.2, -0.15) is 0 Å². The molecule has 1 unspecified atom stereocenters. The van der Waals surface area contributed by atoms with Crippen molar-refractivity contribution < 1.29 is 14.4 Å². The third kappa shape index (κ3) is 5.64. The largest absolute Gasteiger partial charge is 0.354 e. The standard InChI is InChI=1S/C24H34N4O3/c29-22-17-26(15-11-25-22)18-23(30)27-13-9-20(10-14-27)21-8-4-5-12-28(24(21)31)16-19-6-2-1-3-7-19/h1-3,6-7,20-21H,4-5,8-18H2,(H,25,29). The Bertz CT molecular complexity index is 776. The smallest absolute Gasteiger partial charge is 0.236 e. The van der Waals surface area contributed by atoms with Crippen LogP contribution in [0.2, 0.25) is 0 Å². The van der Waals surface area contributed by atoms with Crippen molar-refractivity contribution in [1.82, 2.24) is 20.0 Å². The van der Waals surface area contributed by atoms with E-state index < -0.39 is 0 Å². The number of amides is 3. The molecule has 1 N–H and O–H groups in total. The van der Waals surface area contributed by atoms with Crippen molar-refractivity contribution in [2.45, 2.75) is 38.6 Å². The van der Waals surface area contributed by atoms with Gasteiger partial charge in [-0.25, -0.2) is 0 Å². The number of rotatable bonds is 5. The molecule has 3 amide bonds. The lowest BCUT2D eigenvalue weighted by atomic mass is 9.81. The van der Waals surface area contributed by atoms with Crippen molar-refractivity contribution in [1.29, 1.82) is 0 Å². The molecule has 0 aliphatic carbocycles. The zero-order valence-electron chi connectivity index (χ0n) is 18.3. The fourth-order valence-corrected chi connectivity index (χ4v) is 5.20. The Hall–Kier alpha value is -2.41. The minimum atomic E-state index is -0.00955. The maximum absolute atomic E-state index is 13.4. The summed E-state index contributed by atoms with van der Waals surface area (Å²) in [6.45, 7) is 4.90. The van der Waals surface area contributed by atoms with Gasteiger partial charge in [0.05, 0.1) is 13.1 Å². The van der Waals surface area contributed by atoms with Crippen LogP contribution in [-0.2, 0) is 20.9 Å². The van der Waals surface area contributed by atoms with E-state index in [0.717, 1.165) is 45.2 Å². The number of carbonyl (C=O) groups is 3. The SMILES string of the molecule is O=C1CN(CC(=O)N2CCC(C3CCCCN(Cc4ccccc4)C3=O)CC2)CCN1. The zero-order chi connectivity index (χ0) is 21.6. The van der Waals surface area contributed by atoms with Crippen molar-refractivity contribution in [3.05, 3.63) is 35.9 Å². The molecular formula is C24H34N4O3. The van der Waals surface area contributed by atoms with Crippen LogP contribution in [0, 0.1) is 11.8 Å². The molecule has 1 atom stereocenters. The number of piperazine rings is 1. The first-order chi connectivity index (χ1) is 15.1. The molecule has 3 heterocycles. The first kappa shape index (κ1) is 21.8. The number of carbonyl (C=O) groups excluding carboxylic acids is 3. The second kappa shape index (κ2) is 10.3. The van der Waals surface area contributed by atoms with Gasteiger partial charge in [0.15, 0.2) is 0 Å². The van der Waals surface area contributed by atoms with Crippen molar-refractivity contribution in [2.75, 3.05) is 45.8 Å². The highest BCUT2D eigenvalue weighted by Crippen LogP contribution is 2.32. The summed E-state index contributed by atoms with van der Waals surface area (Å²) >= 11 is 0. The van der Waals surface area contributed by atoms with Gasteiger partial charge in [-0.15, -0.1) is 0 Å². The predicted octanol–water partition coefficient (Wildman–Crippen LogP) is 1.49. The Morgan fingerprint density at radius 3 is 2.48 bits per heavy atom. The molecule has 0 bridgehead atoms. The van der Waals surface area contributed by atoms with Crippen molar-refractivity contribution >= 4 is 17.7 Å². The minimum absolute atomic E-state index is 0.00955. The highest BCUT2D eigenvalue weighted by atomic mass is 16.2. The third-order valence-electron chi connectivity index (χ3n) is 6.98. The van der Waals surface area contributed by atoms with Crippen LogP contribution < -0.4 is 5.32 Å². The first-order valence-corrected chi connectivity index (χ1v) is 11.7. The molecule has 7 nitrogen and oxygen atoms in total. The summed E-state index contributed by atoms with van der Waals surface area (Å²) in [5.41, 5.74) is 1.18. The van der Waals surface area contributed by atoms with Gasteiger partial charge in [0.2, 0.25) is 17.7 Å². The van der Waals surface area contributed by atoms with Crippen LogP contribution >= 0.6 is 0 Å². The Morgan fingerprint density at radius 1 is 0.968 bits per heavy atom. The van der Waals surface area contributed by atoms with Gasteiger partial charge in [-0.05, 0) is 37.2 Å². The van der Waals surface area contributed by atoms with E-state index in [1.807, 2.05) is 32.9 Å². The zero-order valence-corrected chi connectivity index (χ0v) is 18.3. The van der Waals surface area contributed by atoms with Crippen molar-refractivity contribution in [3.63, 3.8) is 0 Å². The second-order valence-electron chi connectivity index (χ2n) is 9.13. The van der Waals surface area contributed by atoms with E-state index in [-0.39, 0.29) is 17.7 Å². The summed E-state index contributed by atoms with van der Waals surface area (Å²) in [6, 6.07) is 10.2. The number of piperidine rings is 1. The van der Waals surface area contributed by atoms with Crippen LogP contribution in [0.25, 0.3) is 0 Å². The number of hydrogen-bond acceptors (Lipinski definition) is 4. The number of nitrogens with zero attached hydrogens (tertiary/aromatic N) is 3. The van der Waals surface area contributed by atoms with Crippen LogP contribution in [0.1, 0.15) is 37.7 Å². The van der Waals surface area contributed by atoms with Gasteiger partial charge in [-0.1, -0.05) is 36.8 Å². The number of likely N-dealkylation sites (tertiary alicyclic amines) is 2. The van der Waals surface area contributed by atoms with Crippen LogP contribution in [-0.4, -0.2) is 78.2 Å². The summed E-state index contributed by atoms with van der Waals surface area (Å²) in [5.74, 6) is 0.823. The summed E-state index contributed by atoms with van der Waals surface area (Å²) in [7, 11) is 0. The summed E-state index contributed by atoms with van der Waals surface area (Å²) in [5, 5.41) is 2.79. The van der Waals surface area contributed by atoms with Gasteiger partial charge >= 0.3 is 0 Å². The quantitative estimate of drug-likeness (QED) is 0.774. The molecule has 31 heavy (non-hydrogen) atoms. The highest BCUT2D eigenvalue weighted by molar-refractivity contribution is 5.82. The number of hydrogen-bond donors (Lipinski definition) is 1. The van der Waals surface area contributed by atoms with Gasteiger partial charge < -0.3 is 15.1 Å². The molecule has 1 aromatic carbocycles. The van der Waals surface area contributed by atoms with Gasteiger partial charge in [0.25, 0.3) is 0 Å². The summed E-state index contributed by atoms with van der Waals surface area (Å²) in [6.07, 6.45) is 4.91. The van der Waals surface area contributed by atoms with E-state index in [1.54, 1.807) is 0 Å². The second-order valence-corrected chi connectivity index (χ2v) is 9.13. The average molecular weight is 427 g/mol. The van der Waals surface area contributed by atoms with E-state index in [0.29, 0.717) is 51.1 Å². The Balaban J connectivity index is 1.30. The lowest BCUT2D eigenvalue weighted by Crippen LogP contribution is -2.52. The number of nitrogens with one attached hydrogen (secondary N) is 1. The third-order valence-corrected chi connectivity index (χ3v) is 6.98. The number of benzene rings is 1. The molecule has 3 fully saturated rings. The highest BCUT2D eigenvalue weighted by Gasteiger charge is 2.36. The van der Waals surface area contributed by atoms with Crippen LogP contribution in [0.5, 0.6) is 0 Å². The van der Waals surface area contributed by atoms with Crippen LogP contribution in [0.15, 0.2) is 30.3 Å². The maximum Gasteiger partial charge on any atom is 0.236 e. The molecule has 7 heteroatoms. The van der Waals surface area contributed by atoms with Crippen molar-refractivity contribution in [2.24, 2.45) is 11.8 Å². The Kier molecular flexibility index (Phi) is 7.22. The van der Waals surface area contributed by atoms with E-state index in [1.165, 1.54) is 5.56 Å². The van der Waals surface area contributed by atoms with Gasteiger partial charge in [0, 0.05) is 45.2 Å². The predicted molar refractivity (Wildman–Crippen MR) is 118 cm³/mol. The summed E-state index contributed by atoms with van der Waals surface area (Å²) in [4.78, 5) is 43.5. The Labute approximate surface area is 184 Å². The molecule has 0 spiro atoms. The first-order valence-electron chi connectivity index (χ1n) is 11.7. The van der Waals surface area contributed by atoms with E-state index in [4.69, 9.17) is 0 Å². The monoisotopic (exact) mass is 426 g/mol. The molecule has 0 saturated carbocycles. The molecule has 0 aromatic heterocycles. The molecule has 4 rings (SSSR count). The lowest BCUT2D eigenvalue weighted by Gasteiger charge is -2.37. The molecular weight excluding hydrogens is 392 g/mol. The topological polar surface area (TPSA) is 73.0 Å². The van der Waals surface area contributed by atoms with E-state index >= 15 is 0 Å². The van der Waals surface area contributed by atoms with Gasteiger partial charge in [-0.3, -0.25) is 19.3 Å². The van der Waals surface area contributed by atoms with Crippen molar-refractivity contribution in [3.8, 4) is 0 Å². The maximum atomic E-state index is 13.4. The minimum Gasteiger partial charge on any atom is -0.354 e. The fourth-order valence-electron chi connectivity index (χ4n) is 5.20. The lowest BCUT2D eigenvalue weighted by molar-refractivity contribution is -0.139. The Morgan fingerprint density at radius 2 is 1.74 bits per heavy atom. The molecule has 168 valence electrons. The normalized spacial score (nSPS) is 24.1. The molecule has 0 radical (unpaired) electrons. The molecule has 1 aromatic rings. The average Bonchev–Trinajstić information content (AvgIpc) is 2.96. The van der Waals surface area contributed by atoms with Crippen LogP contribution in [0.4, 0.5) is 0 Å².